The highest BCUT2D eigenvalue weighted by Crippen LogP contribution is 2.06. The van der Waals surface area contributed by atoms with Crippen LogP contribution in [0, 0.1) is 6.92 Å². The van der Waals surface area contributed by atoms with Crippen LogP contribution in [0.25, 0.3) is 0 Å². The van der Waals surface area contributed by atoms with Crippen LogP contribution in [0.2, 0.25) is 0 Å². The zero-order valence-corrected chi connectivity index (χ0v) is 9.50. The van der Waals surface area contributed by atoms with Crippen molar-refractivity contribution in [2.75, 3.05) is 0 Å². The summed E-state index contributed by atoms with van der Waals surface area (Å²) >= 11 is 0. The molecule has 0 saturated carbocycles. The fourth-order valence-electron chi connectivity index (χ4n) is 1.21. The number of benzene rings is 1. The molecule has 82 valence electrons. The van der Waals surface area contributed by atoms with E-state index in [-0.39, 0.29) is 5.91 Å². The first-order chi connectivity index (χ1) is 6.91. The number of hydrogen-bond donors (Lipinski definition) is 2. The third kappa shape index (κ3) is 3.36. The van der Waals surface area contributed by atoms with Gasteiger partial charge < -0.3 is 11.1 Å². The minimum atomic E-state index is -0.817. The summed E-state index contributed by atoms with van der Waals surface area (Å²) in [5.41, 5.74) is 7.15. The van der Waals surface area contributed by atoms with Crippen LogP contribution in [0.5, 0.6) is 0 Å². The van der Waals surface area contributed by atoms with E-state index in [1.807, 2.05) is 31.2 Å². The zero-order valence-electron chi connectivity index (χ0n) is 9.50. The minimum Gasteiger partial charge on any atom is -0.350 e. The predicted octanol–water partition coefficient (Wildman–Crippen LogP) is 1.35. The number of amides is 1. The molecule has 0 aliphatic carbocycles. The summed E-state index contributed by atoms with van der Waals surface area (Å²) in [4.78, 5) is 11.5. The fourth-order valence-corrected chi connectivity index (χ4v) is 1.21. The average Bonchev–Trinajstić information content (AvgIpc) is 2.14. The van der Waals surface area contributed by atoms with E-state index in [0.29, 0.717) is 6.54 Å². The van der Waals surface area contributed by atoms with Gasteiger partial charge in [0.2, 0.25) is 5.91 Å². The fraction of sp³-hybridized carbons (Fsp3) is 0.417. The lowest BCUT2D eigenvalue weighted by Gasteiger charge is -2.18. The number of hydrogen-bond acceptors (Lipinski definition) is 2. The molecule has 15 heavy (non-hydrogen) atoms. The second-order valence-corrected chi connectivity index (χ2v) is 4.33. The third-order valence-electron chi connectivity index (χ3n) is 2.29. The van der Waals surface area contributed by atoms with Crippen LogP contribution in [-0.2, 0) is 11.3 Å². The van der Waals surface area contributed by atoms with Gasteiger partial charge in [0.05, 0.1) is 5.54 Å². The number of rotatable bonds is 3. The van der Waals surface area contributed by atoms with Crippen LogP contribution in [-0.4, -0.2) is 11.4 Å². The van der Waals surface area contributed by atoms with Crippen LogP contribution in [0.3, 0.4) is 0 Å². The molecule has 1 rings (SSSR count). The molecule has 3 nitrogen and oxygen atoms in total. The summed E-state index contributed by atoms with van der Waals surface area (Å²) in [6.45, 7) is 5.95. The van der Waals surface area contributed by atoms with Gasteiger partial charge in [-0.3, -0.25) is 4.79 Å². The Hall–Kier alpha value is -1.35. The predicted molar refractivity (Wildman–Crippen MR) is 61.3 cm³/mol. The molecule has 0 radical (unpaired) electrons. The van der Waals surface area contributed by atoms with E-state index >= 15 is 0 Å². The zero-order chi connectivity index (χ0) is 11.5. The van der Waals surface area contributed by atoms with Crippen molar-refractivity contribution in [2.24, 2.45) is 5.73 Å². The van der Waals surface area contributed by atoms with Gasteiger partial charge in [-0.1, -0.05) is 24.3 Å². The van der Waals surface area contributed by atoms with E-state index in [9.17, 15) is 4.79 Å². The monoisotopic (exact) mass is 206 g/mol. The summed E-state index contributed by atoms with van der Waals surface area (Å²) in [5, 5.41) is 2.82. The van der Waals surface area contributed by atoms with Crippen molar-refractivity contribution in [3.63, 3.8) is 0 Å². The molecule has 0 aromatic heterocycles. The Balaban J connectivity index is 2.59. The quantitative estimate of drug-likeness (QED) is 0.784. The Morgan fingerprint density at radius 3 is 2.53 bits per heavy atom. The van der Waals surface area contributed by atoms with Crippen molar-refractivity contribution in [1.82, 2.24) is 5.32 Å². The van der Waals surface area contributed by atoms with Gasteiger partial charge in [0, 0.05) is 6.54 Å². The van der Waals surface area contributed by atoms with E-state index in [2.05, 4.69) is 5.32 Å². The largest absolute Gasteiger partial charge is 0.350 e. The number of nitrogens with two attached hydrogens (primary N) is 1. The molecule has 1 aromatic rings. The van der Waals surface area contributed by atoms with E-state index in [4.69, 9.17) is 5.73 Å². The van der Waals surface area contributed by atoms with Crippen LogP contribution in [0.15, 0.2) is 24.3 Å². The standard InChI is InChI=1S/C12H18N2O/c1-9-6-4-5-7-10(9)8-14-11(15)12(2,3)13/h4-7H,8,13H2,1-3H3,(H,14,15). The van der Waals surface area contributed by atoms with E-state index in [1.54, 1.807) is 13.8 Å². The van der Waals surface area contributed by atoms with Gasteiger partial charge in [-0.15, -0.1) is 0 Å². The van der Waals surface area contributed by atoms with Crippen LogP contribution in [0.4, 0.5) is 0 Å². The van der Waals surface area contributed by atoms with Gasteiger partial charge in [-0.25, -0.2) is 0 Å². The van der Waals surface area contributed by atoms with Crippen molar-refractivity contribution in [3.05, 3.63) is 35.4 Å². The third-order valence-corrected chi connectivity index (χ3v) is 2.29. The molecule has 3 N–H and O–H groups in total. The molecule has 0 atom stereocenters. The van der Waals surface area contributed by atoms with Gasteiger partial charge >= 0.3 is 0 Å². The Kier molecular flexibility index (Phi) is 3.48. The molecule has 0 fully saturated rings. The van der Waals surface area contributed by atoms with Gasteiger partial charge in [0.25, 0.3) is 0 Å². The van der Waals surface area contributed by atoms with Gasteiger partial charge in [0.15, 0.2) is 0 Å². The molecule has 0 spiro atoms. The minimum absolute atomic E-state index is 0.134. The maximum Gasteiger partial charge on any atom is 0.239 e. The van der Waals surface area contributed by atoms with Gasteiger partial charge in [-0.2, -0.15) is 0 Å². The lowest BCUT2D eigenvalue weighted by Crippen LogP contribution is -2.48. The number of carbonyl (C=O) groups is 1. The molecule has 0 bridgehead atoms. The van der Waals surface area contributed by atoms with Crippen molar-refractivity contribution in [1.29, 1.82) is 0 Å². The molecule has 1 amide bonds. The number of carbonyl (C=O) groups excluding carboxylic acids is 1. The molecule has 0 aliphatic heterocycles. The Morgan fingerprint density at radius 1 is 1.40 bits per heavy atom. The summed E-state index contributed by atoms with van der Waals surface area (Å²) in [6, 6.07) is 7.96. The lowest BCUT2D eigenvalue weighted by molar-refractivity contribution is -0.125. The first-order valence-corrected chi connectivity index (χ1v) is 5.03. The molecule has 0 aliphatic rings. The highest BCUT2D eigenvalue weighted by molar-refractivity contribution is 5.84. The average molecular weight is 206 g/mol. The first-order valence-electron chi connectivity index (χ1n) is 5.03. The Bertz CT molecular complexity index is 353. The highest BCUT2D eigenvalue weighted by Gasteiger charge is 2.21. The second-order valence-electron chi connectivity index (χ2n) is 4.33. The van der Waals surface area contributed by atoms with Crippen molar-refractivity contribution in [2.45, 2.75) is 32.9 Å². The van der Waals surface area contributed by atoms with Crippen molar-refractivity contribution >= 4 is 5.91 Å². The molecule has 0 unspecified atom stereocenters. The summed E-state index contributed by atoms with van der Waals surface area (Å²) in [6.07, 6.45) is 0. The molecular formula is C12H18N2O. The van der Waals surface area contributed by atoms with E-state index < -0.39 is 5.54 Å². The number of nitrogens with one attached hydrogen (secondary N) is 1. The Labute approximate surface area is 90.7 Å². The van der Waals surface area contributed by atoms with E-state index in [0.717, 1.165) is 5.56 Å². The van der Waals surface area contributed by atoms with Crippen molar-refractivity contribution in [3.8, 4) is 0 Å². The highest BCUT2D eigenvalue weighted by atomic mass is 16.2. The first kappa shape index (κ1) is 11.7. The molecule has 3 heteroatoms. The molecule has 0 saturated heterocycles. The maximum atomic E-state index is 11.5. The number of aryl methyl sites for hydroxylation is 1. The topological polar surface area (TPSA) is 55.1 Å². The normalized spacial score (nSPS) is 11.2. The maximum absolute atomic E-state index is 11.5. The second kappa shape index (κ2) is 4.45. The van der Waals surface area contributed by atoms with Crippen LogP contribution in [0.1, 0.15) is 25.0 Å². The Morgan fingerprint density at radius 2 is 2.00 bits per heavy atom. The molecule has 0 heterocycles. The lowest BCUT2D eigenvalue weighted by atomic mass is 10.1. The summed E-state index contributed by atoms with van der Waals surface area (Å²) < 4.78 is 0. The van der Waals surface area contributed by atoms with Crippen LogP contribution >= 0.6 is 0 Å². The SMILES string of the molecule is Cc1ccccc1CNC(=O)C(C)(C)N. The molecular weight excluding hydrogens is 188 g/mol. The van der Waals surface area contributed by atoms with E-state index in [1.165, 1.54) is 5.56 Å². The van der Waals surface area contributed by atoms with Crippen molar-refractivity contribution < 1.29 is 4.79 Å². The molecule has 1 aromatic carbocycles. The smallest absolute Gasteiger partial charge is 0.239 e. The van der Waals surface area contributed by atoms with Crippen LogP contribution < -0.4 is 11.1 Å². The summed E-state index contributed by atoms with van der Waals surface area (Å²) in [5.74, 6) is -0.134. The van der Waals surface area contributed by atoms with Gasteiger partial charge in [-0.05, 0) is 31.9 Å². The van der Waals surface area contributed by atoms with Gasteiger partial charge in [0.1, 0.15) is 0 Å². The summed E-state index contributed by atoms with van der Waals surface area (Å²) in [7, 11) is 0.